The zero-order valence-electron chi connectivity index (χ0n) is 13.1. The van der Waals surface area contributed by atoms with E-state index >= 15 is 0 Å². The lowest BCUT2D eigenvalue weighted by molar-refractivity contribution is 0.299. The zero-order chi connectivity index (χ0) is 17.9. The van der Waals surface area contributed by atoms with Gasteiger partial charge < -0.3 is 4.90 Å². The topological polar surface area (TPSA) is 49.4 Å². The molecule has 0 radical (unpaired) electrons. The van der Waals surface area contributed by atoms with Crippen molar-refractivity contribution in [1.29, 1.82) is 0 Å². The van der Waals surface area contributed by atoms with Crippen LogP contribution in [0.2, 0.25) is 0 Å². The summed E-state index contributed by atoms with van der Waals surface area (Å²) in [6, 6.07) is 7.74. The number of nitrogens with zero attached hydrogens (tertiary/aromatic N) is 1. The van der Waals surface area contributed by atoms with Crippen molar-refractivity contribution in [2.75, 3.05) is 20.6 Å². The average Bonchev–Trinajstić information content (AvgIpc) is 2.49. The predicted octanol–water partition coefficient (Wildman–Crippen LogP) is 2.69. The van der Waals surface area contributed by atoms with Crippen molar-refractivity contribution in [3.63, 3.8) is 0 Å². The van der Waals surface area contributed by atoms with Gasteiger partial charge >= 0.3 is 0 Å². The van der Waals surface area contributed by atoms with Crippen molar-refractivity contribution >= 4 is 10.0 Å². The van der Waals surface area contributed by atoms with E-state index < -0.39 is 33.5 Å². The Kier molecular flexibility index (Phi) is 5.63. The van der Waals surface area contributed by atoms with Crippen LogP contribution in [0.5, 0.6) is 0 Å². The molecule has 0 heterocycles. The van der Waals surface area contributed by atoms with Crippen molar-refractivity contribution in [3.05, 3.63) is 65.5 Å². The lowest BCUT2D eigenvalue weighted by Crippen LogP contribution is -2.34. The number of hydrogen-bond donors (Lipinski definition) is 1. The first-order valence-electron chi connectivity index (χ1n) is 7.07. The van der Waals surface area contributed by atoms with Crippen LogP contribution in [0.25, 0.3) is 0 Å². The van der Waals surface area contributed by atoms with Crippen LogP contribution < -0.4 is 4.72 Å². The van der Waals surface area contributed by atoms with Crippen LogP contribution in [0.3, 0.4) is 0 Å². The lowest BCUT2D eigenvalue weighted by atomic mass is 10.1. The molecular formula is C16H17F3N2O2S. The molecule has 0 aliphatic rings. The molecule has 0 spiro atoms. The van der Waals surface area contributed by atoms with E-state index in [9.17, 15) is 21.6 Å². The summed E-state index contributed by atoms with van der Waals surface area (Å²) in [5.41, 5.74) is 0.591. The van der Waals surface area contributed by atoms with Crippen molar-refractivity contribution in [2.45, 2.75) is 10.9 Å². The van der Waals surface area contributed by atoms with Crippen LogP contribution in [0.4, 0.5) is 13.2 Å². The van der Waals surface area contributed by atoms with Gasteiger partial charge in [-0.1, -0.05) is 12.1 Å². The minimum atomic E-state index is -4.02. The third-order valence-electron chi connectivity index (χ3n) is 3.52. The van der Waals surface area contributed by atoms with Gasteiger partial charge in [0, 0.05) is 12.6 Å². The van der Waals surface area contributed by atoms with E-state index in [2.05, 4.69) is 4.72 Å². The molecule has 0 fully saturated rings. The third-order valence-corrected chi connectivity index (χ3v) is 4.95. The van der Waals surface area contributed by atoms with Gasteiger partial charge in [0.25, 0.3) is 0 Å². The monoisotopic (exact) mass is 358 g/mol. The number of halogens is 3. The van der Waals surface area contributed by atoms with Crippen LogP contribution in [-0.2, 0) is 10.0 Å². The average molecular weight is 358 g/mol. The molecule has 24 heavy (non-hydrogen) atoms. The number of benzene rings is 2. The number of sulfonamides is 1. The fraction of sp³-hybridized carbons (Fsp3) is 0.250. The van der Waals surface area contributed by atoms with E-state index in [1.165, 1.54) is 18.2 Å². The van der Waals surface area contributed by atoms with E-state index in [4.69, 9.17) is 0 Å². The number of hydrogen-bond acceptors (Lipinski definition) is 3. The second-order valence-corrected chi connectivity index (χ2v) is 7.23. The molecule has 1 N–H and O–H groups in total. The highest BCUT2D eigenvalue weighted by atomic mass is 32.2. The van der Waals surface area contributed by atoms with Gasteiger partial charge in [-0.15, -0.1) is 0 Å². The highest BCUT2D eigenvalue weighted by Crippen LogP contribution is 2.20. The van der Waals surface area contributed by atoms with Gasteiger partial charge in [-0.3, -0.25) is 0 Å². The molecule has 0 saturated carbocycles. The lowest BCUT2D eigenvalue weighted by Gasteiger charge is -2.25. The maximum atomic E-state index is 13.4. The SMILES string of the molecule is CN(C)[C@@H](CNS(=O)(=O)c1ccc(F)c(F)c1)c1cccc(F)c1. The fourth-order valence-electron chi connectivity index (χ4n) is 2.23. The van der Waals surface area contributed by atoms with E-state index in [-0.39, 0.29) is 11.4 Å². The molecule has 0 bridgehead atoms. The highest BCUT2D eigenvalue weighted by Gasteiger charge is 2.21. The molecule has 2 aromatic carbocycles. The zero-order valence-corrected chi connectivity index (χ0v) is 13.9. The van der Waals surface area contributed by atoms with Crippen molar-refractivity contribution in [3.8, 4) is 0 Å². The Morgan fingerprint density at radius 3 is 2.33 bits per heavy atom. The van der Waals surface area contributed by atoms with E-state index in [1.807, 2.05) is 0 Å². The first kappa shape index (κ1) is 18.4. The predicted molar refractivity (Wildman–Crippen MR) is 84.4 cm³/mol. The molecule has 0 aromatic heterocycles. The molecule has 0 saturated heterocycles. The Balaban J connectivity index is 2.20. The van der Waals surface area contributed by atoms with Crippen LogP contribution in [0.1, 0.15) is 11.6 Å². The maximum Gasteiger partial charge on any atom is 0.240 e. The first-order chi connectivity index (χ1) is 11.2. The summed E-state index contributed by atoms with van der Waals surface area (Å²) in [5.74, 6) is -2.80. The number of nitrogens with one attached hydrogen (secondary N) is 1. The minimum Gasteiger partial charge on any atom is -0.301 e. The van der Waals surface area contributed by atoms with Gasteiger partial charge in [-0.2, -0.15) is 0 Å². The summed E-state index contributed by atoms with van der Waals surface area (Å²) in [4.78, 5) is 1.35. The Morgan fingerprint density at radius 1 is 1.04 bits per heavy atom. The second kappa shape index (κ2) is 7.33. The van der Waals surface area contributed by atoms with Crippen molar-refractivity contribution in [2.24, 2.45) is 0 Å². The Hall–Kier alpha value is -1.90. The summed E-state index contributed by atoms with van der Waals surface area (Å²) in [6.45, 7) is -0.0578. The van der Waals surface area contributed by atoms with Gasteiger partial charge in [0.2, 0.25) is 10.0 Å². The maximum absolute atomic E-state index is 13.4. The molecule has 2 aromatic rings. The molecule has 8 heteroatoms. The molecule has 0 amide bonds. The summed E-state index contributed by atoms with van der Waals surface area (Å²) < 4.78 is 66.3. The summed E-state index contributed by atoms with van der Waals surface area (Å²) in [7, 11) is -0.576. The first-order valence-corrected chi connectivity index (χ1v) is 8.55. The molecule has 0 aliphatic carbocycles. The van der Waals surface area contributed by atoms with E-state index in [0.29, 0.717) is 11.6 Å². The smallest absolute Gasteiger partial charge is 0.240 e. The molecular weight excluding hydrogens is 341 g/mol. The molecule has 130 valence electrons. The van der Waals surface area contributed by atoms with Gasteiger partial charge in [-0.25, -0.2) is 26.3 Å². The largest absolute Gasteiger partial charge is 0.301 e. The van der Waals surface area contributed by atoms with Gasteiger partial charge in [0.15, 0.2) is 11.6 Å². The van der Waals surface area contributed by atoms with Crippen LogP contribution >= 0.6 is 0 Å². The molecule has 0 unspecified atom stereocenters. The van der Waals surface area contributed by atoms with Gasteiger partial charge in [0.05, 0.1) is 4.90 Å². The summed E-state index contributed by atoms with van der Waals surface area (Å²) in [5, 5.41) is 0. The van der Waals surface area contributed by atoms with Crippen molar-refractivity contribution in [1.82, 2.24) is 9.62 Å². The van der Waals surface area contributed by atoms with E-state index in [1.54, 1.807) is 25.1 Å². The summed E-state index contributed by atoms with van der Waals surface area (Å²) >= 11 is 0. The van der Waals surface area contributed by atoms with Crippen LogP contribution in [0, 0.1) is 17.5 Å². The molecule has 2 rings (SSSR count). The Labute approximate surface area is 139 Å². The normalized spacial score (nSPS) is 13.2. The van der Waals surface area contributed by atoms with Crippen molar-refractivity contribution < 1.29 is 21.6 Å². The standard InChI is InChI=1S/C16H17F3N2O2S/c1-21(2)16(11-4-3-5-12(17)8-11)10-20-24(22,23)13-6-7-14(18)15(19)9-13/h3-9,16,20H,10H2,1-2H3/t16-/m0/s1. The van der Waals surface area contributed by atoms with Crippen LogP contribution in [0.15, 0.2) is 47.4 Å². The number of likely N-dealkylation sites (N-methyl/N-ethyl adjacent to an activating group) is 1. The third kappa shape index (κ3) is 4.34. The molecule has 4 nitrogen and oxygen atoms in total. The van der Waals surface area contributed by atoms with Gasteiger partial charge in [0.1, 0.15) is 5.82 Å². The number of rotatable bonds is 6. The quantitative estimate of drug-likeness (QED) is 0.864. The Bertz CT molecular complexity index is 826. The summed E-state index contributed by atoms with van der Waals surface area (Å²) in [6.07, 6.45) is 0. The molecule has 0 aliphatic heterocycles. The Morgan fingerprint density at radius 2 is 1.75 bits per heavy atom. The fourth-order valence-corrected chi connectivity index (χ4v) is 3.28. The second-order valence-electron chi connectivity index (χ2n) is 5.46. The minimum absolute atomic E-state index is 0.0578. The highest BCUT2D eigenvalue weighted by molar-refractivity contribution is 7.89. The van der Waals surface area contributed by atoms with Gasteiger partial charge in [-0.05, 0) is 50.0 Å². The van der Waals surface area contributed by atoms with E-state index in [0.717, 1.165) is 12.1 Å². The van der Waals surface area contributed by atoms with Crippen LogP contribution in [-0.4, -0.2) is 34.0 Å². The molecule has 1 atom stereocenters.